The van der Waals surface area contributed by atoms with E-state index < -0.39 is 0 Å². The normalized spacial score (nSPS) is 21.5. The molecular weight excluding hydrogens is 448 g/mol. The lowest BCUT2D eigenvalue weighted by Gasteiger charge is -2.51. The van der Waals surface area contributed by atoms with Gasteiger partial charge in [0.1, 0.15) is 0 Å². The van der Waals surface area contributed by atoms with E-state index in [9.17, 15) is 9.59 Å². The van der Waals surface area contributed by atoms with Gasteiger partial charge in [-0.2, -0.15) is 0 Å². The Hall–Kier alpha value is -3.54. The molecule has 2 aliphatic rings. The van der Waals surface area contributed by atoms with Gasteiger partial charge in [-0.1, -0.05) is 43.3 Å². The lowest BCUT2D eigenvalue weighted by Crippen LogP contribution is -2.52. The molecule has 1 saturated heterocycles. The van der Waals surface area contributed by atoms with Crippen LogP contribution < -0.4 is 5.32 Å². The molecule has 1 fully saturated rings. The molecule has 4 aromatic rings. The molecule has 2 aliphatic heterocycles. The van der Waals surface area contributed by atoms with Crippen molar-refractivity contribution in [3.05, 3.63) is 71.5 Å². The van der Waals surface area contributed by atoms with Crippen LogP contribution in [-0.2, 0) is 22.4 Å². The van der Waals surface area contributed by atoms with Crippen molar-refractivity contribution in [2.75, 3.05) is 13.1 Å². The van der Waals surface area contributed by atoms with Crippen molar-refractivity contribution in [3.8, 4) is 0 Å². The van der Waals surface area contributed by atoms with E-state index in [1.165, 1.54) is 27.6 Å². The number of para-hydroxylation sites is 2. The zero-order chi connectivity index (χ0) is 24.7. The third-order valence-corrected chi connectivity index (χ3v) is 8.72. The summed E-state index contributed by atoms with van der Waals surface area (Å²) < 4.78 is 0. The van der Waals surface area contributed by atoms with Crippen molar-refractivity contribution in [1.29, 1.82) is 0 Å². The number of aromatic nitrogens is 2. The van der Waals surface area contributed by atoms with Gasteiger partial charge in [0.2, 0.25) is 11.8 Å². The molecule has 0 saturated carbocycles. The summed E-state index contributed by atoms with van der Waals surface area (Å²) in [6.45, 7) is 3.61. The highest BCUT2D eigenvalue weighted by Crippen LogP contribution is 2.54. The van der Waals surface area contributed by atoms with Crippen molar-refractivity contribution < 1.29 is 9.59 Å². The molecule has 0 radical (unpaired) electrons. The Balaban J connectivity index is 1.17. The molecule has 3 N–H and O–H groups in total. The topological polar surface area (TPSA) is 81.0 Å². The second kappa shape index (κ2) is 9.16. The number of amides is 2. The first-order valence-electron chi connectivity index (χ1n) is 13.3. The van der Waals surface area contributed by atoms with Crippen LogP contribution in [0.5, 0.6) is 0 Å². The first-order chi connectivity index (χ1) is 17.6. The smallest absolute Gasteiger partial charge is 0.223 e. The predicted molar refractivity (Wildman–Crippen MR) is 143 cm³/mol. The maximum atomic E-state index is 13.0. The summed E-state index contributed by atoms with van der Waals surface area (Å²) in [4.78, 5) is 35.0. The van der Waals surface area contributed by atoms with Crippen molar-refractivity contribution in [1.82, 2.24) is 20.2 Å². The van der Waals surface area contributed by atoms with E-state index in [2.05, 4.69) is 63.5 Å². The van der Waals surface area contributed by atoms with Gasteiger partial charge in [-0.3, -0.25) is 9.59 Å². The van der Waals surface area contributed by atoms with Crippen LogP contribution in [-0.4, -0.2) is 39.8 Å². The van der Waals surface area contributed by atoms with Crippen molar-refractivity contribution >= 4 is 33.6 Å². The fourth-order valence-electron chi connectivity index (χ4n) is 6.72. The molecule has 2 aromatic heterocycles. The zero-order valence-corrected chi connectivity index (χ0v) is 20.9. The van der Waals surface area contributed by atoms with E-state index >= 15 is 0 Å². The number of H-pyrrole nitrogens is 2. The van der Waals surface area contributed by atoms with Crippen molar-refractivity contribution in [2.45, 2.75) is 57.9 Å². The lowest BCUT2D eigenvalue weighted by atomic mass is 9.65. The van der Waals surface area contributed by atoms with E-state index in [-0.39, 0.29) is 23.3 Å². The summed E-state index contributed by atoms with van der Waals surface area (Å²) in [5.41, 5.74) is 5.94. The van der Waals surface area contributed by atoms with E-state index in [0.717, 1.165) is 49.7 Å². The highest BCUT2D eigenvalue weighted by molar-refractivity contribution is 5.87. The van der Waals surface area contributed by atoms with Gasteiger partial charge in [0.15, 0.2) is 0 Å². The third kappa shape index (κ3) is 3.80. The van der Waals surface area contributed by atoms with Crippen molar-refractivity contribution in [3.63, 3.8) is 0 Å². The van der Waals surface area contributed by atoms with Crippen LogP contribution >= 0.6 is 0 Å². The number of fused-ring (bicyclic) bond motifs is 6. The molecule has 2 aromatic carbocycles. The fourth-order valence-corrected chi connectivity index (χ4v) is 6.72. The van der Waals surface area contributed by atoms with Crippen LogP contribution in [0.2, 0.25) is 0 Å². The molecule has 0 unspecified atom stereocenters. The highest BCUT2D eigenvalue weighted by Gasteiger charge is 2.50. The van der Waals surface area contributed by atoms with Gasteiger partial charge in [-0.05, 0) is 60.8 Å². The van der Waals surface area contributed by atoms with Gasteiger partial charge in [-0.25, -0.2) is 0 Å². The number of nitrogens with one attached hydrogen (secondary N) is 3. The number of aromatic amines is 2. The van der Waals surface area contributed by atoms with Crippen LogP contribution in [0.4, 0.5) is 0 Å². The number of piperidine rings is 1. The number of carbonyl (C=O) groups excluding carboxylic acids is 2. The second-order valence-corrected chi connectivity index (χ2v) is 10.5. The molecule has 0 bridgehead atoms. The predicted octanol–water partition coefficient (Wildman–Crippen LogP) is 5.40. The van der Waals surface area contributed by atoms with Gasteiger partial charge in [0.05, 0.1) is 6.04 Å². The lowest BCUT2D eigenvalue weighted by molar-refractivity contribution is -0.146. The minimum Gasteiger partial charge on any atom is -0.361 e. The Kier molecular flexibility index (Phi) is 5.82. The molecule has 0 aliphatic carbocycles. The monoisotopic (exact) mass is 482 g/mol. The van der Waals surface area contributed by atoms with Crippen LogP contribution in [0.1, 0.15) is 61.9 Å². The van der Waals surface area contributed by atoms with Crippen LogP contribution in [0.3, 0.4) is 0 Å². The number of carbonyl (C=O) groups is 2. The molecule has 6 heteroatoms. The zero-order valence-electron chi connectivity index (χ0n) is 20.9. The van der Waals surface area contributed by atoms with Crippen LogP contribution in [0, 0.1) is 5.41 Å². The largest absolute Gasteiger partial charge is 0.361 e. The molecular formula is C30H34N4O2. The van der Waals surface area contributed by atoms with E-state index in [4.69, 9.17) is 0 Å². The summed E-state index contributed by atoms with van der Waals surface area (Å²) in [6, 6.07) is 16.7. The summed E-state index contributed by atoms with van der Waals surface area (Å²) in [7, 11) is 0. The van der Waals surface area contributed by atoms with Crippen LogP contribution in [0.25, 0.3) is 21.8 Å². The minimum atomic E-state index is -0.0991. The van der Waals surface area contributed by atoms with Gasteiger partial charge in [0.25, 0.3) is 0 Å². The Morgan fingerprint density at radius 1 is 1.08 bits per heavy atom. The van der Waals surface area contributed by atoms with Gasteiger partial charge >= 0.3 is 0 Å². The number of hydrogen-bond acceptors (Lipinski definition) is 2. The minimum absolute atomic E-state index is 0.0129. The maximum absolute atomic E-state index is 13.0. The Bertz CT molecular complexity index is 1430. The number of rotatable bonds is 7. The first kappa shape index (κ1) is 22.9. The highest BCUT2D eigenvalue weighted by atomic mass is 16.2. The van der Waals surface area contributed by atoms with E-state index in [1.807, 2.05) is 18.3 Å². The molecule has 2 amide bonds. The average molecular weight is 483 g/mol. The summed E-state index contributed by atoms with van der Waals surface area (Å²) in [5.74, 6) is 0.343. The van der Waals surface area contributed by atoms with Crippen LogP contribution in [0.15, 0.2) is 54.7 Å². The van der Waals surface area contributed by atoms with E-state index in [0.29, 0.717) is 19.4 Å². The summed E-state index contributed by atoms with van der Waals surface area (Å²) in [5, 5.41) is 5.63. The first-order valence-corrected chi connectivity index (χ1v) is 13.3. The van der Waals surface area contributed by atoms with Gasteiger partial charge in [-0.15, -0.1) is 0 Å². The maximum Gasteiger partial charge on any atom is 0.223 e. The standard InChI is InChI=1S/C30H34N4O2/c1-2-30(15-11-26(35)31-17-13-20-19-32-24-9-5-3-7-21(20)24)16-12-27(36)34-18-14-23-22-8-4-6-10-25(22)33-28(23)29(30)34/h3-10,19,29,32-33H,2,11-18H2,1H3,(H,31,35)/t29-,30+/m0/s1. The fraction of sp³-hybridized carbons (Fsp3) is 0.400. The molecule has 4 heterocycles. The quantitative estimate of drug-likeness (QED) is 0.329. The number of hydrogen-bond donors (Lipinski definition) is 3. The molecule has 36 heavy (non-hydrogen) atoms. The molecule has 0 spiro atoms. The average Bonchev–Trinajstić information content (AvgIpc) is 3.50. The Labute approximate surface area is 211 Å². The van der Waals surface area contributed by atoms with Gasteiger partial charge in [0, 0.05) is 59.6 Å². The summed E-state index contributed by atoms with van der Waals surface area (Å²) in [6.07, 6.45) is 7.34. The summed E-state index contributed by atoms with van der Waals surface area (Å²) >= 11 is 0. The second-order valence-electron chi connectivity index (χ2n) is 10.5. The Morgan fingerprint density at radius 3 is 2.69 bits per heavy atom. The molecule has 186 valence electrons. The molecule has 2 atom stereocenters. The Morgan fingerprint density at radius 2 is 1.86 bits per heavy atom. The van der Waals surface area contributed by atoms with Crippen molar-refractivity contribution in [2.24, 2.45) is 5.41 Å². The molecule has 6 nitrogen and oxygen atoms in total. The molecule has 6 rings (SSSR count). The third-order valence-electron chi connectivity index (χ3n) is 8.72. The number of nitrogens with zero attached hydrogens (tertiary/aromatic N) is 1. The van der Waals surface area contributed by atoms with E-state index in [1.54, 1.807) is 0 Å². The van der Waals surface area contributed by atoms with Gasteiger partial charge < -0.3 is 20.2 Å². The number of benzene rings is 2. The SMILES string of the molecule is CC[C@@]1(CCC(=O)NCCc2c[nH]c3ccccc23)CCC(=O)N2CCc3c([nH]c4ccccc34)[C@H]21.